The maximum atomic E-state index is 11.9. The van der Waals surface area contributed by atoms with Crippen LogP contribution in [-0.4, -0.2) is 43.3 Å². The number of rotatable bonds is 6. The van der Waals surface area contributed by atoms with Crippen LogP contribution in [-0.2, 0) is 25.5 Å². The number of esters is 1. The topological polar surface area (TPSA) is 104 Å². The average Bonchev–Trinajstić information content (AvgIpc) is 3.09. The van der Waals surface area contributed by atoms with Crippen molar-refractivity contribution in [1.82, 2.24) is 10.3 Å². The predicted octanol–water partition coefficient (Wildman–Crippen LogP) is 2.18. The molecule has 138 valence electrons. The Balaban J connectivity index is 1.92. The number of hydrogen-bond donors (Lipinski definition) is 1. The van der Waals surface area contributed by atoms with Gasteiger partial charge in [0.05, 0.1) is 26.3 Å². The Morgan fingerprint density at radius 3 is 2.50 bits per heavy atom. The van der Waals surface area contributed by atoms with Crippen LogP contribution in [0.2, 0.25) is 0 Å². The van der Waals surface area contributed by atoms with E-state index in [-0.39, 0.29) is 6.42 Å². The number of carbonyl (C=O) groups is 3. The zero-order chi connectivity index (χ0) is 19.1. The van der Waals surface area contributed by atoms with E-state index < -0.39 is 24.1 Å². The van der Waals surface area contributed by atoms with Crippen LogP contribution in [0.1, 0.15) is 12.6 Å². The Kier molecular flexibility index (Phi) is 6.67. The second-order valence-electron chi connectivity index (χ2n) is 5.16. The van der Waals surface area contributed by atoms with Crippen molar-refractivity contribution in [3.05, 3.63) is 35.3 Å². The van der Waals surface area contributed by atoms with Crippen molar-refractivity contribution in [1.29, 1.82) is 0 Å². The van der Waals surface area contributed by atoms with Crippen LogP contribution >= 0.6 is 11.3 Å². The summed E-state index contributed by atoms with van der Waals surface area (Å²) in [6.45, 7) is 1.36. The number of aromatic nitrogens is 1. The highest BCUT2D eigenvalue weighted by Gasteiger charge is 2.21. The monoisotopic (exact) mass is 378 g/mol. The molecule has 1 atom stereocenters. The Hall–Kier alpha value is -2.94. The molecule has 2 rings (SSSR count). The first kappa shape index (κ1) is 19.4. The lowest BCUT2D eigenvalue weighted by atomic mass is 10.2. The Bertz CT molecular complexity index is 787. The van der Waals surface area contributed by atoms with Crippen LogP contribution < -0.4 is 10.1 Å². The largest absolute Gasteiger partial charge is 0.497 e. The van der Waals surface area contributed by atoms with E-state index in [0.29, 0.717) is 5.69 Å². The Labute approximate surface area is 154 Å². The molecule has 2 amide bonds. The molecule has 0 spiro atoms. The van der Waals surface area contributed by atoms with Crippen molar-refractivity contribution < 1.29 is 28.6 Å². The summed E-state index contributed by atoms with van der Waals surface area (Å²) in [6, 6.07) is 7.40. The molecule has 0 fully saturated rings. The van der Waals surface area contributed by atoms with Gasteiger partial charge in [-0.3, -0.25) is 14.9 Å². The standard InChI is InChI=1S/C17H18N2O6S/c1-10(15(21)19-17(22)24-3)25-14(20)8-12-9-26-16(18-12)11-4-6-13(23-2)7-5-11/h4-7,9-10H,8H2,1-3H3,(H,19,21,22)/t10-/m1/s1. The summed E-state index contributed by atoms with van der Waals surface area (Å²) >= 11 is 1.39. The third-order valence-corrected chi connectivity index (χ3v) is 4.24. The van der Waals surface area contributed by atoms with E-state index in [1.165, 1.54) is 18.3 Å². The molecule has 26 heavy (non-hydrogen) atoms. The van der Waals surface area contributed by atoms with Gasteiger partial charge in [0.2, 0.25) is 0 Å². The minimum absolute atomic E-state index is 0.0809. The average molecular weight is 378 g/mol. The quantitative estimate of drug-likeness (QED) is 0.768. The number of benzene rings is 1. The highest BCUT2D eigenvalue weighted by Crippen LogP contribution is 2.25. The summed E-state index contributed by atoms with van der Waals surface area (Å²) < 4.78 is 14.4. The Morgan fingerprint density at radius 2 is 1.88 bits per heavy atom. The first-order valence-electron chi connectivity index (χ1n) is 7.60. The van der Waals surface area contributed by atoms with Gasteiger partial charge < -0.3 is 14.2 Å². The van der Waals surface area contributed by atoms with Gasteiger partial charge in [-0.1, -0.05) is 0 Å². The molecule has 8 nitrogen and oxygen atoms in total. The number of hydrogen-bond acceptors (Lipinski definition) is 8. The zero-order valence-electron chi connectivity index (χ0n) is 14.5. The molecular formula is C17H18N2O6S. The maximum absolute atomic E-state index is 11.9. The van der Waals surface area contributed by atoms with Crippen LogP contribution in [0, 0.1) is 0 Å². The van der Waals surface area contributed by atoms with Crippen molar-refractivity contribution in [2.45, 2.75) is 19.4 Å². The zero-order valence-corrected chi connectivity index (χ0v) is 15.3. The molecule has 1 aromatic carbocycles. The second-order valence-corrected chi connectivity index (χ2v) is 6.02. The molecule has 0 saturated carbocycles. The molecule has 2 aromatic rings. The van der Waals surface area contributed by atoms with Gasteiger partial charge in [-0.2, -0.15) is 0 Å². The van der Waals surface area contributed by atoms with Gasteiger partial charge in [-0.15, -0.1) is 11.3 Å². The fraction of sp³-hybridized carbons (Fsp3) is 0.294. The van der Waals surface area contributed by atoms with Crippen LogP contribution in [0.5, 0.6) is 5.75 Å². The summed E-state index contributed by atoms with van der Waals surface area (Å²) in [7, 11) is 2.72. The van der Waals surface area contributed by atoms with Crippen molar-refractivity contribution in [3.63, 3.8) is 0 Å². The molecule has 1 aromatic heterocycles. The van der Waals surface area contributed by atoms with E-state index >= 15 is 0 Å². The molecular weight excluding hydrogens is 360 g/mol. The van der Waals surface area contributed by atoms with Crippen LogP contribution in [0.3, 0.4) is 0 Å². The van der Waals surface area contributed by atoms with E-state index in [1.54, 1.807) is 12.5 Å². The van der Waals surface area contributed by atoms with E-state index in [4.69, 9.17) is 9.47 Å². The number of thiazole rings is 1. The number of carbonyl (C=O) groups excluding carboxylic acids is 3. The molecule has 0 radical (unpaired) electrons. The SMILES string of the molecule is COC(=O)NC(=O)[C@@H](C)OC(=O)Cc1csc(-c2ccc(OC)cc2)n1. The molecule has 9 heteroatoms. The molecule has 0 unspecified atom stereocenters. The molecule has 0 bridgehead atoms. The number of methoxy groups -OCH3 is 2. The summed E-state index contributed by atoms with van der Waals surface area (Å²) in [5.41, 5.74) is 1.44. The van der Waals surface area contributed by atoms with Crippen LogP contribution in [0.15, 0.2) is 29.6 Å². The van der Waals surface area contributed by atoms with E-state index in [0.717, 1.165) is 23.4 Å². The van der Waals surface area contributed by atoms with Gasteiger partial charge in [-0.25, -0.2) is 9.78 Å². The van der Waals surface area contributed by atoms with Crippen LogP contribution in [0.25, 0.3) is 10.6 Å². The minimum atomic E-state index is -1.12. The Morgan fingerprint density at radius 1 is 1.19 bits per heavy atom. The first-order valence-corrected chi connectivity index (χ1v) is 8.48. The van der Waals surface area contributed by atoms with Crippen molar-refractivity contribution >= 4 is 29.3 Å². The third-order valence-electron chi connectivity index (χ3n) is 3.30. The molecule has 1 N–H and O–H groups in total. The van der Waals surface area contributed by atoms with Gasteiger partial charge in [0, 0.05) is 10.9 Å². The maximum Gasteiger partial charge on any atom is 0.413 e. The van der Waals surface area contributed by atoms with E-state index in [9.17, 15) is 14.4 Å². The summed E-state index contributed by atoms with van der Waals surface area (Å²) in [5.74, 6) is -0.639. The molecule has 0 aliphatic carbocycles. The number of ether oxygens (including phenoxy) is 3. The van der Waals surface area contributed by atoms with E-state index in [1.807, 2.05) is 29.6 Å². The molecule has 0 aliphatic heterocycles. The lowest BCUT2D eigenvalue weighted by Gasteiger charge is -2.11. The number of nitrogens with one attached hydrogen (secondary N) is 1. The predicted molar refractivity (Wildman–Crippen MR) is 93.9 cm³/mol. The normalized spacial score (nSPS) is 11.3. The first-order chi connectivity index (χ1) is 12.4. The smallest absolute Gasteiger partial charge is 0.413 e. The number of imide groups is 1. The summed E-state index contributed by atoms with van der Waals surface area (Å²) in [5, 5.41) is 4.44. The minimum Gasteiger partial charge on any atom is -0.497 e. The molecule has 1 heterocycles. The fourth-order valence-electron chi connectivity index (χ4n) is 1.95. The van der Waals surface area contributed by atoms with Crippen molar-refractivity contribution in [2.24, 2.45) is 0 Å². The third kappa shape index (κ3) is 5.28. The molecule has 0 saturated heterocycles. The van der Waals surface area contributed by atoms with Crippen molar-refractivity contribution in [2.75, 3.05) is 14.2 Å². The summed E-state index contributed by atoms with van der Waals surface area (Å²) in [6.07, 6.45) is -2.12. The van der Waals surface area contributed by atoms with Crippen molar-refractivity contribution in [3.8, 4) is 16.3 Å². The second kappa shape index (κ2) is 8.95. The highest BCUT2D eigenvalue weighted by atomic mass is 32.1. The lowest BCUT2D eigenvalue weighted by Crippen LogP contribution is -2.39. The van der Waals surface area contributed by atoms with Crippen LogP contribution in [0.4, 0.5) is 4.79 Å². The number of alkyl carbamates (subject to hydrolysis) is 1. The summed E-state index contributed by atoms with van der Waals surface area (Å²) in [4.78, 5) is 38.9. The van der Waals surface area contributed by atoms with Gasteiger partial charge in [0.25, 0.3) is 5.91 Å². The highest BCUT2D eigenvalue weighted by molar-refractivity contribution is 7.13. The van der Waals surface area contributed by atoms with E-state index in [2.05, 4.69) is 9.72 Å². The fourth-order valence-corrected chi connectivity index (χ4v) is 2.77. The molecule has 0 aliphatic rings. The lowest BCUT2D eigenvalue weighted by molar-refractivity contribution is -0.154. The van der Waals surface area contributed by atoms with Gasteiger partial charge in [-0.05, 0) is 31.2 Å². The number of amides is 2. The van der Waals surface area contributed by atoms with Gasteiger partial charge in [0.15, 0.2) is 6.10 Å². The number of nitrogens with zero attached hydrogens (tertiary/aromatic N) is 1. The van der Waals surface area contributed by atoms with Gasteiger partial charge >= 0.3 is 12.1 Å². The van der Waals surface area contributed by atoms with Gasteiger partial charge in [0.1, 0.15) is 10.8 Å².